The fourth-order valence-electron chi connectivity index (χ4n) is 2.22. The van der Waals surface area contributed by atoms with Crippen molar-refractivity contribution < 1.29 is 4.79 Å². The molecule has 1 N–H and O–H groups in total. The van der Waals surface area contributed by atoms with Gasteiger partial charge in [-0.2, -0.15) is 0 Å². The summed E-state index contributed by atoms with van der Waals surface area (Å²) in [7, 11) is 0. The standard InChI is InChI=1S/C12H18N2OS/c1-9-5-3-6-10(2)14(9)13-12(15)11-7-4-8-16-11/h4,7-10H,3,5-6H2,1-2H3,(H,13,15). The van der Waals surface area contributed by atoms with Gasteiger partial charge in [-0.3, -0.25) is 10.2 Å². The zero-order valence-electron chi connectivity index (χ0n) is 9.77. The lowest BCUT2D eigenvalue weighted by atomic mass is 10.00. The average Bonchev–Trinajstić information content (AvgIpc) is 2.76. The number of nitrogens with zero attached hydrogens (tertiary/aromatic N) is 1. The summed E-state index contributed by atoms with van der Waals surface area (Å²) in [5, 5.41) is 4.03. The van der Waals surface area contributed by atoms with Crippen molar-refractivity contribution in [3.63, 3.8) is 0 Å². The van der Waals surface area contributed by atoms with Gasteiger partial charge in [-0.15, -0.1) is 11.3 Å². The van der Waals surface area contributed by atoms with Gasteiger partial charge in [0.1, 0.15) is 0 Å². The Morgan fingerprint density at radius 2 is 2.12 bits per heavy atom. The van der Waals surface area contributed by atoms with Gasteiger partial charge < -0.3 is 0 Å². The summed E-state index contributed by atoms with van der Waals surface area (Å²) in [6.07, 6.45) is 3.58. The van der Waals surface area contributed by atoms with Gasteiger partial charge in [0.15, 0.2) is 0 Å². The van der Waals surface area contributed by atoms with E-state index >= 15 is 0 Å². The van der Waals surface area contributed by atoms with Crippen molar-refractivity contribution in [2.75, 3.05) is 0 Å². The quantitative estimate of drug-likeness (QED) is 0.859. The molecule has 1 aliphatic heterocycles. The second kappa shape index (κ2) is 4.97. The maximum atomic E-state index is 11.9. The molecule has 0 aromatic carbocycles. The van der Waals surface area contributed by atoms with Gasteiger partial charge in [0.2, 0.25) is 0 Å². The fourth-order valence-corrected chi connectivity index (χ4v) is 2.84. The van der Waals surface area contributed by atoms with Gasteiger partial charge in [-0.25, -0.2) is 5.01 Å². The van der Waals surface area contributed by atoms with Crippen LogP contribution in [0, 0.1) is 0 Å². The second-order valence-electron chi connectivity index (χ2n) is 4.45. The average molecular weight is 238 g/mol. The van der Waals surface area contributed by atoms with Crippen molar-refractivity contribution in [1.82, 2.24) is 10.4 Å². The summed E-state index contributed by atoms with van der Waals surface area (Å²) in [6, 6.07) is 4.64. The molecule has 16 heavy (non-hydrogen) atoms. The molecular formula is C12H18N2OS. The molecule has 1 fully saturated rings. The molecule has 88 valence electrons. The molecule has 2 atom stereocenters. The van der Waals surface area contributed by atoms with Gasteiger partial charge in [0.05, 0.1) is 4.88 Å². The van der Waals surface area contributed by atoms with Crippen molar-refractivity contribution in [3.05, 3.63) is 22.4 Å². The van der Waals surface area contributed by atoms with Crippen LogP contribution in [0.5, 0.6) is 0 Å². The van der Waals surface area contributed by atoms with Crippen molar-refractivity contribution in [1.29, 1.82) is 0 Å². The largest absolute Gasteiger partial charge is 0.284 e. The first-order valence-corrected chi connectivity index (χ1v) is 6.69. The summed E-state index contributed by atoms with van der Waals surface area (Å²) in [4.78, 5) is 12.7. The molecule has 1 aliphatic rings. The van der Waals surface area contributed by atoms with Crippen LogP contribution < -0.4 is 5.43 Å². The number of carbonyl (C=O) groups is 1. The Hall–Kier alpha value is -0.870. The first-order chi connectivity index (χ1) is 7.68. The molecule has 0 spiro atoms. The van der Waals surface area contributed by atoms with Crippen LogP contribution in [0.4, 0.5) is 0 Å². The molecule has 0 aliphatic carbocycles. The first kappa shape index (κ1) is 11.6. The molecule has 0 radical (unpaired) electrons. The van der Waals surface area contributed by atoms with E-state index in [4.69, 9.17) is 0 Å². The van der Waals surface area contributed by atoms with Crippen LogP contribution in [0.3, 0.4) is 0 Å². The van der Waals surface area contributed by atoms with Crippen LogP contribution in [0.15, 0.2) is 17.5 Å². The minimum atomic E-state index is 0.0237. The van der Waals surface area contributed by atoms with E-state index in [1.165, 1.54) is 17.8 Å². The van der Waals surface area contributed by atoms with Gasteiger partial charge in [-0.05, 0) is 38.1 Å². The highest BCUT2D eigenvalue weighted by atomic mass is 32.1. The predicted molar refractivity (Wildman–Crippen MR) is 66.4 cm³/mol. The first-order valence-electron chi connectivity index (χ1n) is 5.81. The highest BCUT2D eigenvalue weighted by Crippen LogP contribution is 2.20. The van der Waals surface area contributed by atoms with Crippen LogP contribution in [0.1, 0.15) is 42.8 Å². The van der Waals surface area contributed by atoms with E-state index in [0.717, 1.165) is 17.7 Å². The molecule has 2 heterocycles. The zero-order valence-corrected chi connectivity index (χ0v) is 10.6. The number of amides is 1. The Bertz CT molecular complexity index is 340. The number of hydrazine groups is 1. The van der Waals surface area contributed by atoms with Crippen LogP contribution in [-0.2, 0) is 0 Å². The minimum Gasteiger partial charge on any atom is -0.284 e. The van der Waals surface area contributed by atoms with Crippen LogP contribution in [-0.4, -0.2) is 23.0 Å². The normalized spacial score (nSPS) is 26.6. The van der Waals surface area contributed by atoms with Crippen molar-refractivity contribution >= 4 is 17.2 Å². The molecule has 1 saturated heterocycles. The van der Waals surface area contributed by atoms with Gasteiger partial charge in [-0.1, -0.05) is 12.5 Å². The van der Waals surface area contributed by atoms with Gasteiger partial charge in [0.25, 0.3) is 5.91 Å². The number of piperidine rings is 1. The van der Waals surface area contributed by atoms with Gasteiger partial charge >= 0.3 is 0 Å². The Balaban J connectivity index is 2.00. The van der Waals surface area contributed by atoms with Crippen LogP contribution in [0.25, 0.3) is 0 Å². The molecule has 0 saturated carbocycles. The monoisotopic (exact) mass is 238 g/mol. The number of rotatable bonds is 2. The molecule has 2 rings (SSSR count). The smallest absolute Gasteiger partial charge is 0.275 e. The number of nitrogens with one attached hydrogen (secondary N) is 1. The molecule has 1 amide bonds. The third-order valence-electron chi connectivity index (χ3n) is 3.17. The molecule has 2 unspecified atom stereocenters. The molecule has 4 heteroatoms. The number of hydrogen-bond acceptors (Lipinski definition) is 3. The topological polar surface area (TPSA) is 32.3 Å². The maximum Gasteiger partial charge on any atom is 0.275 e. The highest BCUT2D eigenvalue weighted by molar-refractivity contribution is 7.12. The Kier molecular flexibility index (Phi) is 3.61. The third kappa shape index (κ3) is 2.44. The predicted octanol–water partition coefficient (Wildman–Crippen LogP) is 2.66. The summed E-state index contributed by atoms with van der Waals surface area (Å²) < 4.78 is 0. The van der Waals surface area contributed by atoms with Crippen LogP contribution in [0.2, 0.25) is 0 Å². The van der Waals surface area contributed by atoms with E-state index in [-0.39, 0.29) is 5.91 Å². The van der Waals surface area contributed by atoms with E-state index in [2.05, 4.69) is 24.3 Å². The molecule has 3 nitrogen and oxygen atoms in total. The lowest BCUT2D eigenvalue weighted by molar-refractivity contribution is 0.0373. The molecule has 0 bridgehead atoms. The molecular weight excluding hydrogens is 220 g/mol. The van der Waals surface area contributed by atoms with Gasteiger partial charge in [0, 0.05) is 12.1 Å². The number of hydrogen-bond donors (Lipinski definition) is 1. The second-order valence-corrected chi connectivity index (χ2v) is 5.40. The summed E-state index contributed by atoms with van der Waals surface area (Å²) in [6.45, 7) is 4.34. The van der Waals surface area contributed by atoms with E-state index in [1.54, 1.807) is 0 Å². The lowest BCUT2D eigenvalue weighted by Crippen LogP contribution is -2.53. The SMILES string of the molecule is CC1CCCC(C)N1NC(=O)c1cccs1. The Morgan fingerprint density at radius 1 is 1.44 bits per heavy atom. The summed E-state index contributed by atoms with van der Waals surface area (Å²) in [5.41, 5.74) is 3.03. The Labute approximate surface area is 100 Å². The van der Waals surface area contributed by atoms with E-state index < -0.39 is 0 Å². The Morgan fingerprint density at radius 3 is 2.69 bits per heavy atom. The van der Waals surface area contributed by atoms with Crippen molar-refractivity contribution in [3.8, 4) is 0 Å². The molecule has 1 aromatic rings. The lowest BCUT2D eigenvalue weighted by Gasteiger charge is -2.38. The molecule has 1 aromatic heterocycles. The summed E-state index contributed by atoms with van der Waals surface area (Å²) in [5.74, 6) is 0.0237. The van der Waals surface area contributed by atoms with Crippen LogP contribution >= 0.6 is 11.3 Å². The van der Waals surface area contributed by atoms with E-state index in [1.807, 2.05) is 17.5 Å². The summed E-state index contributed by atoms with van der Waals surface area (Å²) >= 11 is 1.48. The maximum absolute atomic E-state index is 11.9. The number of carbonyl (C=O) groups excluding carboxylic acids is 1. The number of thiophene rings is 1. The van der Waals surface area contributed by atoms with E-state index in [0.29, 0.717) is 12.1 Å². The van der Waals surface area contributed by atoms with Crippen molar-refractivity contribution in [2.24, 2.45) is 0 Å². The third-order valence-corrected chi connectivity index (χ3v) is 4.04. The van der Waals surface area contributed by atoms with E-state index in [9.17, 15) is 4.79 Å². The zero-order chi connectivity index (χ0) is 11.5. The van der Waals surface area contributed by atoms with Crippen molar-refractivity contribution in [2.45, 2.75) is 45.2 Å². The highest BCUT2D eigenvalue weighted by Gasteiger charge is 2.26. The minimum absolute atomic E-state index is 0.0237. The fraction of sp³-hybridized carbons (Fsp3) is 0.583.